The lowest BCUT2D eigenvalue weighted by atomic mass is 10.0. The lowest BCUT2D eigenvalue weighted by molar-refractivity contribution is -0.117. The molecule has 11 heteroatoms. The summed E-state index contributed by atoms with van der Waals surface area (Å²) in [5, 5.41) is 29.2. The molecule has 4 N–H and O–H groups in total. The highest BCUT2D eigenvalue weighted by molar-refractivity contribution is 6.31. The minimum absolute atomic E-state index is 0.0640. The molecule has 4 rings (SSSR count). The quantitative estimate of drug-likeness (QED) is 0.345. The number of pyridine rings is 1. The maximum absolute atomic E-state index is 12.9. The number of anilines is 2. The zero-order valence-electron chi connectivity index (χ0n) is 15.9. The summed E-state index contributed by atoms with van der Waals surface area (Å²) in [6.45, 7) is 0. The maximum Gasteiger partial charge on any atom is 0.339 e. The van der Waals surface area contributed by atoms with Crippen molar-refractivity contribution in [2.45, 2.75) is 12.5 Å². The number of carboxylic acid groups (broad SMARTS) is 1. The van der Waals surface area contributed by atoms with E-state index < -0.39 is 17.9 Å². The summed E-state index contributed by atoms with van der Waals surface area (Å²) in [6, 6.07) is 14.9. The largest absolute Gasteiger partial charge is 0.478 e. The van der Waals surface area contributed by atoms with Crippen molar-refractivity contribution in [3.05, 3.63) is 70.7 Å². The van der Waals surface area contributed by atoms with Gasteiger partial charge in [-0.05, 0) is 40.3 Å². The predicted octanol–water partition coefficient (Wildman–Crippen LogP) is 2.76. The van der Waals surface area contributed by atoms with E-state index in [0.29, 0.717) is 15.9 Å². The number of aromatic nitrogens is 5. The molecule has 1 amide bonds. The third kappa shape index (κ3) is 4.75. The van der Waals surface area contributed by atoms with Crippen LogP contribution in [-0.2, 0) is 11.2 Å². The molecule has 0 aliphatic rings. The fraction of sp³-hybridized carbons (Fsp3) is 0.100. The van der Waals surface area contributed by atoms with E-state index in [1.807, 2.05) is 30.3 Å². The molecule has 0 bridgehead atoms. The summed E-state index contributed by atoms with van der Waals surface area (Å²) in [7, 11) is 0. The summed E-state index contributed by atoms with van der Waals surface area (Å²) in [4.78, 5) is 29.2. The monoisotopic (exact) mass is 437 g/mol. The number of carbonyl (C=O) groups excluding carboxylic acids is 1. The number of carbonyl (C=O) groups is 2. The second-order valence-corrected chi connectivity index (χ2v) is 7.09. The van der Waals surface area contributed by atoms with Gasteiger partial charge in [-0.25, -0.2) is 14.9 Å². The average molecular weight is 438 g/mol. The number of hydrogen-bond acceptors (Lipinski definition) is 7. The minimum Gasteiger partial charge on any atom is -0.478 e. The van der Waals surface area contributed by atoms with Crippen molar-refractivity contribution in [1.82, 2.24) is 25.6 Å². The summed E-state index contributed by atoms with van der Waals surface area (Å²) in [5.41, 5.74) is 1.33. The molecule has 4 aromatic rings. The van der Waals surface area contributed by atoms with E-state index in [1.54, 1.807) is 18.2 Å². The first-order chi connectivity index (χ1) is 15.0. The Bertz CT molecular complexity index is 1230. The first kappa shape index (κ1) is 20.2. The number of halogens is 1. The van der Waals surface area contributed by atoms with Crippen molar-refractivity contribution >= 4 is 46.1 Å². The number of hydrogen-bond donors (Lipinski definition) is 4. The van der Waals surface area contributed by atoms with Crippen LogP contribution in [0.2, 0.25) is 5.02 Å². The Hall–Kier alpha value is -4.05. The Morgan fingerprint density at radius 3 is 2.65 bits per heavy atom. The van der Waals surface area contributed by atoms with Crippen molar-refractivity contribution in [3.63, 3.8) is 0 Å². The van der Waals surface area contributed by atoms with Gasteiger partial charge >= 0.3 is 5.97 Å². The zero-order valence-corrected chi connectivity index (χ0v) is 16.7. The van der Waals surface area contributed by atoms with Crippen molar-refractivity contribution in [2.24, 2.45) is 0 Å². The summed E-state index contributed by atoms with van der Waals surface area (Å²) >= 11 is 6.01. The number of aromatic amines is 1. The summed E-state index contributed by atoms with van der Waals surface area (Å²) < 4.78 is 0. The van der Waals surface area contributed by atoms with Crippen molar-refractivity contribution in [1.29, 1.82) is 0 Å². The van der Waals surface area contributed by atoms with Gasteiger partial charge in [-0.3, -0.25) is 10.1 Å². The van der Waals surface area contributed by atoms with Crippen LogP contribution in [0.15, 0.2) is 54.6 Å². The molecule has 156 valence electrons. The smallest absolute Gasteiger partial charge is 0.339 e. The predicted molar refractivity (Wildman–Crippen MR) is 114 cm³/mol. The number of rotatable bonds is 7. The number of nitrogens with one attached hydrogen (secondary N) is 3. The molecule has 0 radical (unpaired) electrons. The molecule has 0 aliphatic carbocycles. The topological polar surface area (TPSA) is 146 Å². The van der Waals surface area contributed by atoms with Gasteiger partial charge in [0.25, 0.3) is 0 Å². The number of nitrogens with zero attached hydrogens (tertiary/aromatic N) is 4. The molecule has 2 aromatic heterocycles. The molecule has 0 saturated heterocycles. The van der Waals surface area contributed by atoms with Crippen LogP contribution in [0.4, 0.5) is 11.8 Å². The molecule has 10 nitrogen and oxygen atoms in total. The normalized spacial score (nSPS) is 11.8. The number of H-pyrrole nitrogens is 1. The average Bonchev–Trinajstić information content (AvgIpc) is 3.26. The highest BCUT2D eigenvalue weighted by Crippen LogP contribution is 2.24. The zero-order chi connectivity index (χ0) is 21.8. The summed E-state index contributed by atoms with van der Waals surface area (Å²) in [6.07, 6.45) is 0.271. The fourth-order valence-electron chi connectivity index (χ4n) is 3.06. The molecule has 1 atom stereocenters. The number of aromatic carboxylic acids is 1. The fourth-order valence-corrected chi connectivity index (χ4v) is 3.24. The first-order valence-electron chi connectivity index (χ1n) is 9.18. The van der Waals surface area contributed by atoms with Crippen LogP contribution in [0.3, 0.4) is 0 Å². The van der Waals surface area contributed by atoms with Crippen LogP contribution in [-0.4, -0.2) is 48.6 Å². The number of benzene rings is 2. The van der Waals surface area contributed by atoms with Crippen LogP contribution in [0.1, 0.15) is 15.9 Å². The van der Waals surface area contributed by atoms with Gasteiger partial charge in [0.1, 0.15) is 17.4 Å². The van der Waals surface area contributed by atoms with E-state index in [2.05, 4.69) is 36.2 Å². The van der Waals surface area contributed by atoms with Gasteiger partial charge in [-0.2, -0.15) is 0 Å². The highest BCUT2D eigenvalue weighted by atomic mass is 35.5. The molecule has 2 aromatic carbocycles. The molecule has 2 heterocycles. The molecule has 0 fully saturated rings. The van der Waals surface area contributed by atoms with Gasteiger partial charge in [-0.15, -0.1) is 0 Å². The van der Waals surface area contributed by atoms with E-state index in [0.717, 1.165) is 5.56 Å². The van der Waals surface area contributed by atoms with Crippen LogP contribution in [0.5, 0.6) is 0 Å². The van der Waals surface area contributed by atoms with Gasteiger partial charge < -0.3 is 10.4 Å². The standard InChI is InChI=1S/C20H16ClN7O3/c21-13-6-7-15-12(9-13)10-14(19(30)31)17(22-15)23-16(8-11-4-2-1-3-5-11)18(29)24-20-25-27-28-26-20/h1-7,9-10,16H,8H2,(H,22,23)(H,30,31)(H2,24,25,26,27,28,29)/t16-/m0/s1. The molecule has 0 spiro atoms. The first-order valence-corrected chi connectivity index (χ1v) is 9.56. The van der Waals surface area contributed by atoms with E-state index in [-0.39, 0.29) is 23.8 Å². The van der Waals surface area contributed by atoms with Gasteiger partial charge in [0.15, 0.2) is 0 Å². The maximum atomic E-state index is 12.9. The molecule has 31 heavy (non-hydrogen) atoms. The molecule has 0 saturated carbocycles. The van der Waals surface area contributed by atoms with Crippen LogP contribution in [0, 0.1) is 0 Å². The van der Waals surface area contributed by atoms with Gasteiger partial charge in [-0.1, -0.05) is 47.0 Å². The Morgan fingerprint density at radius 2 is 1.94 bits per heavy atom. The Kier molecular flexibility index (Phi) is 5.72. The molecule has 0 aliphatic heterocycles. The van der Waals surface area contributed by atoms with Crippen molar-refractivity contribution < 1.29 is 14.7 Å². The SMILES string of the molecule is O=C(O)c1cc2cc(Cl)ccc2nc1N[C@@H](Cc1ccccc1)C(=O)Nc1nnn[nH]1. The van der Waals surface area contributed by atoms with Crippen molar-refractivity contribution in [3.8, 4) is 0 Å². The lowest BCUT2D eigenvalue weighted by Gasteiger charge is -2.20. The Labute approximate surface area is 180 Å². The number of fused-ring (bicyclic) bond motifs is 1. The molecule has 0 unspecified atom stereocenters. The van der Waals surface area contributed by atoms with E-state index >= 15 is 0 Å². The highest BCUT2D eigenvalue weighted by Gasteiger charge is 2.24. The Morgan fingerprint density at radius 1 is 1.13 bits per heavy atom. The second kappa shape index (κ2) is 8.76. The minimum atomic E-state index is -1.19. The lowest BCUT2D eigenvalue weighted by Crippen LogP contribution is -2.37. The van der Waals surface area contributed by atoms with Crippen molar-refractivity contribution in [2.75, 3.05) is 10.6 Å². The van der Waals surface area contributed by atoms with Crippen LogP contribution < -0.4 is 10.6 Å². The number of amides is 1. The van der Waals surface area contributed by atoms with Gasteiger partial charge in [0.05, 0.1) is 5.52 Å². The Balaban J connectivity index is 1.70. The molecular formula is C20H16ClN7O3. The second-order valence-electron chi connectivity index (χ2n) is 6.65. The van der Waals surface area contributed by atoms with Crippen LogP contribution >= 0.6 is 11.6 Å². The van der Waals surface area contributed by atoms with E-state index in [1.165, 1.54) is 6.07 Å². The molecular weight excluding hydrogens is 422 g/mol. The third-order valence-corrected chi connectivity index (χ3v) is 4.74. The number of carboxylic acids is 1. The van der Waals surface area contributed by atoms with Crippen LogP contribution in [0.25, 0.3) is 10.9 Å². The van der Waals surface area contributed by atoms with Gasteiger partial charge in [0.2, 0.25) is 11.9 Å². The van der Waals surface area contributed by atoms with E-state index in [9.17, 15) is 14.7 Å². The van der Waals surface area contributed by atoms with E-state index in [4.69, 9.17) is 11.6 Å². The third-order valence-electron chi connectivity index (χ3n) is 4.50. The number of tetrazole rings is 1. The van der Waals surface area contributed by atoms with Gasteiger partial charge in [0, 0.05) is 16.8 Å². The summed E-state index contributed by atoms with van der Waals surface area (Å²) in [5.74, 6) is -1.51.